The number of amides is 1. The standard InChI is InChI=1S/C19H17ClFNO4/c1-11(18(23)22-16-5-3-15(21)4-6-16)26-19(24)13-8-12-9-14(20)2-7-17(12)25-10-13/h2-7,9,11,13H,8,10H2,1H3,(H,22,23)/t11-,13-/m1/s1. The minimum absolute atomic E-state index is 0.180. The normalized spacial score (nSPS) is 16.8. The van der Waals surface area contributed by atoms with Gasteiger partial charge in [-0.1, -0.05) is 11.6 Å². The van der Waals surface area contributed by atoms with E-state index >= 15 is 0 Å². The van der Waals surface area contributed by atoms with Crippen LogP contribution in [-0.2, 0) is 20.7 Å². The molecule has 136 valence electrons. The fourth-order valence-corrected chi connectivity index (χ4v) is 2.81. The molecule has 0 unspecified atom stereocenters. The molecule has 0 saturated heterocycles. The summed E-state index contributed by atoms with van der Waals surface area (Å²) in [5.41, 5.74) is 1.25. The van der Waals surface area contributed by atoms with E-state index in [0.717, 1.165) is 5.56 Å². The lowest BCUT2D eigenvalue weighted by Crippen LogP contribution is -2.36. The number of benzene rings is 2. The highest BCUT2D eigenvalue weighted by Gasteiger charge is 2.30. The number of halogens is 2. The summed E-state index contributed by atoms with van der Waals surface area (Å²) in [5, 5.41) is 3.13. The summed E-state index contributed by atoms with van der Waals surface area (Å²) in [6.07, 6.45) is -0.561. The van der Waals surface area contributed by atoms with Crippen LogP contribution < -0.4 is 10.1 Å². The first kappa shape index (κ1) is 18.2. The third kappa shape index (κ3) is 4.32. The molecule has 0 aromatic heterocycles. The molecule has 2 aromatic carbocycles. The first-order valence-corrected chi connectivity index (χ1v) is 8.48. The average molecular weight is 378 g/mol. The van der Waals surface area contributed by atoms with Gasteiger partial charge in [0.15, 0.2) is 6.10 Å². The van der Waals surface area contributed by atoms with Gasteiger partial charge in [-0.15, -0.1) is 0 Å². The van der Waals surface area contributed by atoms with Gasteiger partial charge in [-0.05, 0) is 61.4 Å². The van der Waals surface area contributed by atoms with Crippen molar-refractivity contribution in [3.05, 3.63) is 58.9 Å². The van der Waals surface area contributed by atoms with Crippen molar-refractivity contribution in [1.82, 2.24) is 0 Å². The average Bonchev–Trinajstić information content (AvgIpc) is 2.62. The minimum atomic E-state index is -0.992. The highest BCUT2D eigenvalue weighted by molar-refractivity contribution is 6.30. The van der Waals surface area contributed by atoms with Crippen LogP contribution in [0.5, 0.6) is 5.75 Å². The number of anilines is 1. The number of hydrogen-bond acceptors (Lipinski definition) is 4. The number of nitrogens with one attached hydrogen (secondary N) is 1. The van der Waals surface area contributed by atoms with E-state index in [4.69, 9.17) is 21.1 Å². The Morgan fingerprint density at radius 2 is 2.00 bits per heavy atom. The van der Waals surface area contributed by atoms with Gasteiger partial charge in [0.1, 0.15) is 18.2 Å². The smallest absolute Gasteiger partial charge is 0.313 e. The predicted molar refractivity (Wildman–Crippen MR) is 94.7 cm³/mol. The Morgan fingerprint density at radius 3 is 2.73 bits per heavy atom. The number of rotatable bonds is 4. The van der Waals surface area contributed by atoms with E-state index in [0.29, 0.717) is 22.9 Å². The zero-order valence-corrected chi connectivity index (χ0v) is 14.8. The van der Waals surface area contributed by atoms with Crippen molar-refractivity contribution >= 4 is 29.2 Å². The lowest BCUT2D eigenvalue weighted by molar-refractivity contribution is -0.158. The summed E-state index contributed by atoms with van der Waals surface area (Å²) in [6, 6.07) is 10.6. The molecule has 0 bridgehead atoms. The molecule has 1 aliphatic heterocycles. The van der Waals surface area contributed by atoms with Gasteiger partial charge in [-0.25, -0.2) is 4.39 Å². The van der Waals surface area contributed by atoms with Gasteiger partial charge in [0.25, 0.3) is 5.91 Å². The molecule has 0 saturated carbocycles. The summed E-state index contributed by atoms with van der Waals surface area (Å²) in [5.74, 6) is -1.23. The van der Waals surface area contributed by atoms with E-state index in [-0.39, 0.29) is 6.61 Å². The molecule has 2 atom stereocenters. The third-order valence-corrected chi connectivity index (χ3v) is 4.27. The van der Waals surface area contributed by atoms with Crippen molar-refractivity contribution in [2.45, 2.75) is 19.4 Å². The summed E-state index contributed by atoms with van der Waals surface area (Å²) in [4.78, 5) is 24.5. The van der Waals surface area contributed by atoms with Crippen molar-refractivity contribution in [2.24, 2.45) is 5.92 Å². The second-order valence-corrected chi connectivity index (χ2v) is 6.48. The van der Waals surface area contributed by atoms with Crippen LogP contribution >= 0.6 is 11.6 Å². The highest BCUT2D eigenvalue weighted by Crippen LogP contribution is 2.30. The molecule has 1 heterocycles. The van der Waals surface area contributed by atoms with Crippen LogP contribution in [0.25, 0.3) is 0 Å². The molecule has 0 fully saturated rings. The zero-order chi connectivity index (χ0) is 18.7. The topological polar surface area (TPSA) is 64.6 Å². The summed E-state index contributed by atoms with van der Waals surface area (Å²) < 4.78 is 23.7. The Morgan fingerprint density at radius 1 is 1.27 bits per heavy atom. The van der Waals surface area contributed by atoms with Gasteiger partial charge in [0.2, 0.25) is 0 Å². The largest absolute Gasteiger partial charge is 0.492 e. The fourth-order valence-electron chi connectivity index (χ4n) is 2.62. The van der Waals surface area contributed by atoms with E-state index in [1.165, 1.54) is 31.2 Å². The maximum atomic E-state index is 12.9. The monoisotopic (exact) mass is 377 g/mol. The first-order chi connectivity index (χ1) is 12.4. The second kappa shape index (κ2) is 7.74. The van der Waals surface area contributed by atoms with Crippen LogP contribution in [-0.4, -0.2) is 24.6 Å². The van der Waals surface area contributed by atoms with Gasteiger partial charge in [-0.3, -0.25) is 9.59 Å². The van der Waals surface area contributed by atoms with Gasteiger partial charge >= 0.3 is 5.97 Å². The Hall–Kier alpha value is -2.60. The van der Waals surface area contributed by atoms with Crippen molar-refractivity contribution in [3.8, 4) is 5.75 Å². The summed E-state index contributed by atoms with van der Waals surface area (Å²) in [7, 11) is 0. The number of fused-ring (bicyclic) bond motifs is 1. The van der Waals surface area contributed by atoms with Crippen molar-refractivity contribution in [1.29, 1.82) is 0 Å². The van der Waals surface area contributed by atoms with E-state index in [9.17, 15) is 14.0 Å². The number of carbonyl (C=O) groups excluding carboxylic acids is 2. The zero-order valence-electron chi connectivity index (χ0n) is 14.0. The minimum Gasteiger partial charge on any atom is -0.492 e. The molecule has 26 heavy (non-hydrogen) atoms. The Labute approximate surface area is 155 Å². The van der Waals surface area contributed by atoms with Crippen LogP contribution in [0.2, 0.25) is 5.02 Å². The lowest BCUT2D eigenvalue weighted by Gasteiger charge is -2.25. The molecular weight excluding hydrogens is 361 g/mol. The molecule has 1 amide bonds. The molecule has 2 aromatic rings. The number of hydrogen-bond donors (Lipinski definition) is 1. The Balaban J connectivity index is 1.57. The Bertz CT molecular complexity index is 825. The predicted octanol–water partition coefficient (Wildman–Crippen LogP) is 3.60. The van der Waals surface area contributed by atoms with Crippen molar-refractivity contribution in [2.75, 3.05) is 11.9 Å². The maximum absolute atomic E-state index is 12.9. The van der Waals surface area contributed by atoms with Gasteiger partial charge < -0.3 is 14.8 Å². The van der Waals surface area contributed by atoms with Crippen LogP contribution in [0.4, 0.5) is 10.1 Å². The second-order valence-electron chi connectivity index (χ2n) is 6.04. The summed E-state index contributed by atoms with van der Waals surface area (Å²) >= 11 is 5.97. The van der Waals surface area contributed by atoms with Gasteiger partial charge in [0, 0.05) is 10.7 Å². The van der Waals surface area contributed by atoms with E-state index in [2.05, 4.69) is 5.32 Å². The van der Waals surface area contributed by atoms with Crippen LogP contribution in [0.1, 0.15) is 12.5 Å². The maximum Gasteiger partial charge on any atom is 0.313 e. The molecule has 0 spiro atoms. The third-order valence-electron chi connectivity index (χ3n) is 4.04. The highest BCUT2D eigenvalue weighted by atomic mass is 35.5. The van der Waals surface area contributed by atoms with Gasteiger partial charge in [0.05, 0.1) is 5.92 Å². The van der Waals surface area contributed by atoms with Crippen LogP contribution in [0.3, 0.4) is 0 Å². The Kier molecular flexibility index (Phi) is 5.42. The number of carbonyl (C=O) groups is 2. The molecule has 1 N–H and O–H groups in total. The molecule has 0 radical (unpaired) electrons. The van der Waals surface area contributed by atoms with Crippen molar-refractivity contribution in [3.63, 3.8) is 0 Å². The quantitative estimate of drug-likeness (QED) is 0.827. The van der Waals surface area contributed by atoms with Crippen molar-refractivity contribution < 1.29 is 23.5 Å². The molecule has 3 rings (SSSR count). The SMILES string of the molecule is C[C@@H](OC(=O)[C@H]1COc2ccc(Cl)cc2C1)C(=O)Nc1ccc(F)cc1. The number of ether oxygens (including phenoxy) is 2. The van der Waals surface area contributed by atoms with E-state index < -0.39 is 29.7 Å². The molecule has 0 aliphatic carbocycles. The number of esters is 1. The van der Waals surface area contributed by atoms with Crippen LogP contribution in [0.15, 0.2) is 42.5 Å². The van der Waals surface area contributed by atoms with Gasteiger partial charge in [-0.2, -0.15) is 0 Å². The summed E-state index contributed by atoms with van der Waals surface area (Å²) in [6.45, 7) is 1.66. The van der Waals surface area contributed by atoms with Crippen LogP contribution in [0, 0.1) is 11.7 Å². The molecular formula is C19H17ClFNO4. The first-order valence-electron chi connectivity index (χ1n) is 8.10. The van der Waals surface area contributed by atoms with E-state index in [1.807, 2.05) is 0 Å². The molecule has 5 nitrogen and oxygen atoms in total. The molecule has 1 aliphatic rings. The molecule has 7 heteroatoms. The van der Waals surface area contributed by atoms with E-state index in [1.54, 1.807) is 18.2 Å². The lowest BCUT2D eigenvalue weighted by atomic mass is 9.97. The fraction of sp³-hybridized carbons (Fsp3) is 0.263.